The standard InChI is InChI=1S/C28H29N3O5/c1-17-6-4-7-18(12-17)13-21(32)16-28(2,3)19-8-5-9-20(14-19)29-22-15-25(34)31(27(22)36)23-10-11-24(33)30-26(23)35/h4-9,12,14-15,23,29H,10-11,13,16H2,1-3H3,(H,30,33,35). The lowest BCUT2D eigenvalue weighted by molar-refractivity contribution is -0.149. The van der Waals surface area contributed by atoms with Gasteiger partial charge in [-0.25, -0.2) is 0 Å². The number of amides is 4. The van der Waals surface area contributed by atoms with Crippen LogP contribution in [0.15, 0.2) is 60.3 Å². The Morgan fingerprint density at radius 1 is 1.08 bits per heavy atom. The number of carbonyl (C=O) groups excluding carboxylic acids is 5. The van der Waals surface area contributed by atoms with Crippen LogP contribution in [0.25, 0.3) is 0 Å². The van der Waals surface area contributed by atoms with Gasteiger partial charge in [0.2, 0.25) is 11.8 Å². The van der Waals surface area contributed by atoms with Crippen LogP contribution in [-0.4, -0.2) is 40.4 Å². The molecular formula is C28H29N3O5. The summed E-state index contributed by atoms with van der Waals surface area (Å²) in [5, 5.41) is 5.17. The smallest absolute Gasteiger partial charge is 0.278 e. The predicted octanol–water partition coefficient (Wildman–Crippen LogP) is 2.94. The van der Waals surface area contributed by atoms with E-state index in [1.54, 1.807) is 6.07 Å². The summed E-state index contributed by atoms with van der Waals surface area (Å²) in [4.78, 5) is 62.8. The normalized spacial score (nSPS) is 18.2. The fourth-order valence-corrected chi connectivity index (χ4v) is 4.68. The van der Waals surface area contributed by atoms with Crippen LogP contribution in [0.5, 0.6) is 0 Å². The van der Waals surface area contributed by atoms with Gasteiger partial charge in [0.15, 0.2) is 0 Å². The van der Waals surface area contributed by atoms with E-state index in [2.05, 4.69) is 10.6 Å². The number of nitrogens with one attached hydrogen (secondary N) is 2. The highest BCUT2D eigenvalue weighted by molar-refractivity contribution is 6.20. The van der Waals surface area contributed by atoms with Crippen LogP contribution in [0, 0.1) is 6.92 Å². The zero-order valence-electron chi connectivity index (χ0n) is 20.6. The first kappa shape index (κ1) is 25.0. The van der Waals surface area contributed by atoms with E-state index in [0.717, 1.165) is 27.7 Å². The highest BCUT2D eigenvalue weighted by Gasteiger charge is 2.42. The Labute approximate surface area is 209 Å². The van der Waals surface area contributed by atoms with Crippen molar-refractivity contribution >= 4 is 35.1 Å². The number of imide groups is 2. The number of carbonyl (C=O) groups is 5. The largest absolute Gasteiger partial charge is 0.351 e. The summed E-state index contributed by atoms with van der Waals surface area (Å²) in [7, 11) is 0. The molecule has 0 aromatic heterocycles. The quantitative estimate of drug-likeness (QED) is 0.554. The number of rotatable bonds is 8. The second-order valence-corrected chi connectivity index (χ2v) is 10.0. The Hall–Kier alpha value is -4.07. The SMILES string of the molecule is Cc1cccc(CC(=O)CC(C)(C)c2cccc(NC3=CC(=O)N(C4CCC(=O)NC4=O)C3=O)c2)c1. The van der Waals surface area contributed by atoms with E-state index in [4.69, 9.17) is 0 Å². The van der Waals surface area contributed by atoms with Crippen LogP contribution in [0.2, 0.25) is 0 Å². The average Bonchev–Trinajstić information content (AvgIpc) is 3.06. The minimum Gasteiger partial charge on any atom is -0.351 e. The van der Waals surface area contributed by atoms with Gasteiger partial charge in [-0.1, -0.05) is 55.8 Å². The Morgan fingerprint density at radius 3 is 2.56 bits per heavy atom. The molecule has 0 bridgehead atoms. The highest BCUT2D eigenvalue weighted by Crippen LogP contribution is 2.31. The molecule has 2 aliphatic rings. The topological polar surface area (TPSA) is 113 Å². The summed E-state index contributed by atoms with van der Waals surface area (Å²) in [5.41, 5.74) is 3.19. The molecule has 1 unspecified atom stereocenters. The molecule has 1 fully saturated rings. The molecule has 0 radical (unpaired) electrons. The van der Waals surface area contributed by atoms with E-state index in [1.807, 2.05) is 63.2 Å². The minimum atomic E-state index is -1.01. The van der Waals surface area contributed by atoms with Gasteiger partial charge in [0.25, 0.3) is 11.8 Å². The zero-order chi connectivity index (χ0) is 26.0. The van der Waals surface area contributed by atoms with Gasteiger partial charge in [-0.2, -0.15) is 0 Å². The van der Waals surface area contributed by atoms with Crippen molar-refractivity contribution in [3.8, 4) is 0 Å². The van der Waals surface area contributed by atoms with E-state index >= 15 is 0 Å². The molecule has 0 spiro atoms. The summed E-state index contributed by atoms with van der Waals surface area (Å²) < 4.78 is 0. The second-order valence-electron chi connectivity index (χ2n) is 10.0. The lowest BCUT2D eigenvalue weighted by Gasteiger charge is -2.28. The number of Topliss-reactive ketones (excluding diaryl/α,β-unsaturated/α-hetero) is 1. The molecule has 2 aromatic carbocycles. The maximum absolute atomic E-state index is 12.9. The van der Waals surface area contributed by atoms with Crippen molar-refractivity contribution in [1.82, 2.24) is 10.2 Å². The first-order valence-electron chi connectivity index (χ1n) is 11.9. The number of nitrogens with zero attached hydrogens (tertiary/aromatic N) is 1. The summed E-state index contributed by atoms with van der Waals surface area (Å²) in [6, 6.07) is 14.3. The molecular weight excluding hydrogens is 458 g/mol. The van der Waals surface area contributed by atoms with Crippen molar-refractivity contribution in [3.63, 3.8) is 0 Å². The third-order valence-electron chi connectivity index (χ3n) is 6.52. The van der Waals surface area contributed by atoms with Gasteiger partial charge >= 0.3 is 0 Å². The van der Waals surface area contributed by atoms with Crippen LogP contribution in [0.3, 0.4) is 0 Å². The maximum Gasteiger partial charge on any atom is 0.278 e. The van der Waals surface area contributed by atoms with Crippen molar-refractivity contribution in [2.75, 3.05) is 5.32 Å². The Morgan fingerprint density at radius 2 is 1.83 bits per heavy atom. The van der Waals surface area contributed by atoms with E-state index in [9.17, 15) is 24.0 Å². The van der Waals surface area contributed by atoms with Gasteiger partial charge in [-0.05, 0) is 42.0 Å². The first-order chi connectivity index (χ1) is 17.0. The molecule has 2 heterocycles. The number of piperidine rings is 1. The van der Waals surface area contributed by atoms with Crippen LogP contribution in [-0.2, 0) is 35.8 Å². The van der Waals surface area contributed by atoms with Crippen molar-refractivity contribution in [2.24, 2.45) is 0 Å². The number of aryl methyl sites for hydroxylation is 1. The summed E-state index contributed by atoms with van der Waals surface area (Å²) in [6.45, 7) is 5.99. The van der Waals surface area contributed by atoms with Gasteiger partial charge in [0, 0.05) is 31.0 Å². The van der Waals surface area contributed by atoms with Gasteiger partial charge in [-0.15, -0.1) is 0 Å². The van der Waals surface area contributed by atoms with Gasteiger partial charge in [0.05, 0.1) is 0 Å². The molecule has 0 saturated carbocycles. The average molecular weight is 488 g/mol. The van der Waals surface area contributed by atoms with Crippen molar-refractivity contribution < 1.29 is 24.0 Å². The molecule has 8 nitrogen and oxygen atoms in total. The third-order valence-corrected chi connectivity index (χ3v) is 6.52. The number of hydrogen-bond donors (Lipinski definition) is 2. The summed E-state index contributed by atoms with van der Waals surface area (Å²) in [6.07, 6.45) is 2.03. The minimum absolute atomic E-state index is 0.0511. The van der Waals surface area contributed by atoms with Gasteiger partial charge < -0.3 is 5.32 Å². The van der Waals surface area contributed by atoms with Gasteiger partial charge in [-0.3, -0.25) is 34.2 Å². The van der Waals surface area contributed by atoms with E-state index < -0.39 is 35.1 Å². The Balaban J connectivity index is 1.44. The molecule has 4 amide bonds. The number of hydrogen-bond acceptors (Lipinski definition) is 6. The molecule has 36 heavy (non-hydrogen) atoms. The second kappa shape index (κ2) is 9.89. The molecule has 4 rings (SSSR count). The van der Waals surface area contributed by atoms with Crippen LogP contribution < -0.4 is 10.6 Å². The molecule has 2 aliphatic heterocycles. The molecule has 2 aromatic rings. The highest BCUT2D eigenvalue weighted by atomic mass is 16.2. The fourth-order valence-electron chi connectivity index (χ4n) is 4.68. The van der Waals surface area contributed by atoms with Crippen LogP contribution in [0.1, 0.15) is 49.8 Å². The van der Waals surface area contributed by atoms with Crippen LogP contribution >= 0.6 is 0 Å². The number of ketones is 1. The Kier molecular flexibility index (Phi) is 6.88. The third kappa shape index (κ3) is 5.43. The predicted molar refractivity (Wildman–Crippen MR) is 134 cm³/mol. The number of anilines is 1. The van der Waals surface area contributed by atoms with Crippen molar-refractivity contribution in [1.29, 1.82) is 0 Å². The fraction of sp³-hybridized carbons (Fsp3) is 0.321. The Bertz CT molecular complexity index is 1290. The summed E-state index contributed by atoms with van der Waals surface area (Å²) >= 11 is 0. The maximum atomic E-state index is 12.9. The van der Waals surface area contributed by atoms with Crippen LogP contribution in [0.4, 0.5) is 5.69 Å². The molecule has 1 saturated heterocycles. The van der Waals surface area contributed by atoms with E-state index in [1.165, 1.54) is 0 Å². The van der Waals surface area contributed by atoms with Gasteiger partial charge in [0.1, 0.15) is 17.5 Å². The molecule has 1 atom stereocenters. The lowest BCUT2D eigenvalue weighted by atomic mass is 9.79. The monoisotopic (exact) mass is 487 g/mol. The zero-order valence-corrected chi connectivity index (χ0v) is 20.6. The number of benzene rings is 2. The summed E-state index contributed by atoms with van der Waals surface area (Å²) in [5.74, 6) is -2.16. The van der Waals surface area contributed by atoms with Crippen molar-refractivity contribution in [2.45, 2.75) is 57.9 Å². The first-order valence-corrected chi connectivity index (χ1v) is 11.9. The van der Waals surface area contributed by atoms with Crippen molar-refractivity contribution in [3.05, 3.63) is 77.0 Å². The lowest BCUT2D eigenvalue weighted by Crippen LogP contribution is -2.54. The van der Waals surface area contributed by atoms with E-state index in [-0.39, 0.29) is 24.3 Å². The molecule has 8 heteroatoms. The molecule has 186 valence electrons. The molecule has 2 N–H and O–H groups in total. The van der Waals surface area contributed by atoms with E-state index in [0.29, 0.717) is 18.5 Å². The molecule has 0 aliphatic carbocycles.